The van der Waals surface area contributed by atoms with E-state index >= 15 is 0 Å². The molecule has 2 saturated heterocycles. The van der Waals surface area contributed by atoms with Crippen molar-refractivity contribution >= 4 is 17.5 Å². The molecule has 0 radical (unpaired) electrons. The van der Waals surface area contributed by atoms with Gasteiger partial charge in [0.25, 0.3) is 5.91 Å². The Balaban J connectivity index is 1.30. The monoisotopic (exact) mass is 567 g/mol. The van der Waals surface area contributed by atoms with Crippen LogP contribution in [0.2, 0.25) is 0 Å². The van der Waals surface area contributed by atoms with Crippen LogP contribution in [0.5, 0.6) is 0 Å². The van der Waals surface area contributed by atoms with Crippen molar-refractivity contribution in [2.45, 2.75) is 58.5 Å². The molecule has 7 rings (SSSR count). The maximum atomic E-state index is 13.7. The minimum absolute atomic E-state index is 0.0862. The SMILES string of the molecule is Cc1ccc(-n2nc(C(=O)N3C[C@@H](C)N[C@@H](C)C3)nc2-c2ccc3c(c2)C(C2CC4(CNC4)C2)[C@H](C)C(=O)N3C)cc1. The van der Waals surface area contributed by atoms with Crippen LogP contribution >= 0.6 is 0 Å². The molecule has 42 heavy (non-hydrogen) atoms. The van der Waals surface area contributed by atoms with Gasteiger partial charge in [-0.1, -0.05) is 24.6 Å². The largest absolute Gasteiger partial charge is 0.333 e. The number of nitrogens with zero attached hydrogens (tertiary/aromatic N) is 5. The highest BCUT2D eigenvalue weighted by Gasteiger charge is 2.54. The maximum absolute atomic E-state index is 13.7. The first kappa shape index (κ1) is 27.3. The van der Waals surface area contributed by atoms with Gasteiger partial charge in [0, 0.05) is 68.4 Å². The Hall–Kier alpha value is -3.56. The van der Waals surface area contributed by atoms with E-state index in [-0.39, 0.29) is 41.6 Å². The topological polar surface area (TPSA) is 95.4 Å². The van der Waals surface area contributed by atoms with Crippen molar-refractivity contribution in [3.8, 4) is 17.1 Å². The van der Waals surface area contributed by atoms with Gasteiger partial charge < -0.3 is 20.4 Å². The first-order valence-corrected chi connectivity index (χ1v) is 15.3. The first-order valence-electron chi connectivity index (χ1n) is 15.3. The number of hydrogen-bond donors (Lipinski definition) is 2. The van der Waals surface area contributed by atoms with Gasteiger partial charge in [0.15, 0.2) is 5.82 Å². The van der Waals surface area contributed by atoms with E-state index in [2.05, 4.69) is 62.6 Å². The van der Waals surface area contributed by atoms with Gasteiger partial charge in [0.05, 0.1) is 5.69 Å². The Morgan fingerprint density at radius 3 is 2.33 bits per heavy atom. The lowest BCUT2D eigenvalue weighted by Crippen LogP contribution is -2.61. The molecule has 4 atom stereocenters. The Bertz CT molecular complexity index is 1520. The third-order valence-corrected chi connectivity index (χ3v) is 10.1. The summed E-state index contributed by atoms with van der Waals surface area (Å²) < 4.78 is 1.80. The minimum atomic E-state index is -0.147. The number of carbonyl (C=O) groups is 2. The van der Waals surface area contributed by atoms with E-state index < -0.39 is 0 Å². The van der Waals surface area contributed by atoms with Crippen LogP contribution in [0.15, 0.2) is 42.5 Å². The zero-order valence-electron chi connectivity index (χ0n) is 25.2. The minimum Gasteiger partial charge on any atom is -0.333 e. The van der Waals surface area contributed by atoms with Crippen molar-refractivity contribution in [2.75, 3.05) is 38.1 Å². The van der Waals surface area contributed by atoms with Crippen LogP contribution in [0, 0.1) is 24.2 Å². The highest BCUT2D eigenvalue weighted by Crippen LogP contribution is 2.58. The molecule has 2 amide bonds. The van der Waals surface area contributed by atoms with E-state index in [1.165, 1.54) is 5.56 Å². The van der Waals surface area contributed by atoms with Crippen molar-refractivity contribution in [1.82, 2.24) is 30.3 Å². The average molecular weight is 568 g/mol. The summed E-state index contributed by atoms with van der Waals surface area (Å²) in [5.74, 6) is 1.44. The predicted octanol–water partition coefficient (Wildman–Crippen LogP) is 3.76. The number of hydrogen-bond acceptors (Lipinski definition) is 6. The molecule has 1 aromatic heterocycles. The fraction of sp³-hybridized carbons (Fsp3) is 0.515. The summed E-state index contributed by atoms with van der Waals surface area (Å²) in [7, 11) is 1.88. The number of aromatic nitrogens is 3. The van der Waals surface area contributed by atoms with Gasteiger partial charge >= 0.3 is 0 Å². The summed E-state index contributed by atoms with van der Waals surface area (Å²) in [6.07, 6.45) is 2.32. The third-order valence-electron chi connectivity index (χ3n) is 10.1. The van der Waals surface area contributed by atoms with E-state index in [4.69, 9.17) is 10.1 Å². The Kier molecular flexibility index (Phi) is 6.51. The fourth-order valence-corrected chi connectivity index (χ4v) is 7.94. The zero-order chi connectivity index (χ0) is 29.3. The number of benzene rings is 2. The molecule has 1 aliphatic carbocycles. The maximum Gasteiger partial charge on any atom is 0.293 e. The van der Waals surface area contributed by atoms with Gasteiger partial charge in [-0.25, -0.2) is 9.67 Å². The second-order valence-electron chi connectivity index (χ2n) is 13.4. The van der Waals surface area contributed by atoms with E-state index in [0.29, 0.717) is 30.2 Å². The Labute approximate surface area is 247 Å². The first-order chi connectivity index (χ1) is 20.1. The molecule has 2 N–H and O–H groups in total. The summed E-state index contributed by atoms with van der Waals surface area (Å²) in [4.78, 5) is 35.6. The number of rotatable bonds is 4. The number of anilines is 1. The molecule has 4 aliphatic rings. The molecule has 1 spiro atoms. The molecule has 0 bridgehead atoms. The Morgan fingerprint density at radius 2 is 1.69 bits per heavy atom. The van der Waals surface area contributed by atoms with Crippen molar-refractivity contribution < 1.29 is 9.59 Å². The normalized spacial score (nSPS) is 27.0. The zero-order valence-corrected chi connectivity index (χ0v) is 25.2. The summed E-state index contributed by atoms with van der Waals surface area (Å²) >= 11 is 0. The smallest absolute Gasteiger partial charge is 0.293 e. The van der Waals surface area contributed by atoms with Crippen LogP contribution in [0.4, 0.5) is 5.69 Å². The van der Waals surface area contributed by atoms with Crippen LogP contribution in [0.1, 0.15) is 61.3 Å². The van der Waals surface area contributed by atoms with E-state index in [1.54, 1.807) is 4.68 Å². The fourth-order valence-electron chi connectivity index (χ4n) is 7.94. The Morgan fingerprint density at radius 1 is 1.00 bits per heavy atom. The molecule has 9 nitrogen and oxygen atoms in total. The molecular formula is C33H41N7O2. The second kappa shape index (κ2) is 10.0. The molecule has 1 unspecified atom stereocenters. The van der Waals surface area contributed by atoms with Crippen molar-refractivity contribution in [1.29, 1.82) is 0 Å². The lowest BCUT2D eigenvalue weighted by Gasteiger charge is -2.58. The van der Waals surface area contributed by atoms with E-state index in [1.807, 2.05) is 35.0 Å². The molecule has 1 saturated carbocycles. The molecule has 9 heteroatoms. The van der Waals surface area contributed by atoms with Gasteiger partial charge in [0.2, 0.25) is 11.7 Å². The third kappa shape index (κ3) is 4.45. The number of aryl methyl sites for hydroxylation is 1. The van der Waals surface area contributed by atoms with Crippen molar-refractivity contribution in [3.05, 3.63) is 59.4 Å². The highest BCUT2D eigenvalue weighted by atomic mass is 16.2. The molecule has 3 aromatic rings. The summed E-state index contributed by atoms with van der Waals surface area (Å²) in [6.45, 7) is 11.8. The number of nitrogens with one attached hydrogen (secondary N) is 2. The number of fused-ring (bicyclic) bond motifs is 1. The van der Waals surface area contributed by atoms with Crippen molar-refractivity contribution in [3.63, 3.8) is 0 Å². The van der Waals surface area contributed by atoms with Crippen LogP contribution < -0.4 is 15.5 Å². The van der Waals surface area contributed by atoms with Gasteiger partial charge in [-0.2, -0.15) is 0 Å². The molecule has 2 aromatic carbocycles. The lowest BCUT2D eigenvalue weighted by molar-refractivity contribution is -0.125. The molecular weight excluding hydrogens is 526 g/mol. The molecule has 3 aliphatic heterocycles. The van der Waals surface area contributed by atoms with Crippen molar-refractivity contribution in [2.24, 2.45) is 17.3 Å². The number of amides is 2. The molecule has 4 heterocycles. The molecule has 220 valence electrons. The second-order valence-corrected chi connectivity index (χ2v) is 13.4. The van der Waals surface area contributed by atoms with E-state index in [9.17, 15) is 9.59 Å². The standard InChI is InChI=1S/C33H41N7O2/c1-19-6-9-25(10-7-19)40-30(36-29(37-40)32(42)39-15-20(2)35-21(3)16-39)23-8-11-27-26(12-23)28(22(4)31(41)38(27)5)24-13-33(14-24)17-34-18-33/h6-12,20-22,24,28,34-35H,13-18H2,1-5H3/t20-,21+,22-,28?/m0/s1. The lowest BCUT2D eigenvalue weighted by atomic mass is 9.52. The van der Waals surface area contributed by atoms with Crippen LogP contribution in [0.3, 0.4) is 0 Å². The highest BCUT2D eigenvalue weighted by molar-refractivity contribution is 5.99. The predicted molar refractivity (Wildman–Crippen MR) is 163 cm³/mol. The van der Waals surface area contributed by atoms with Gasteiger partial charge in [-0.3, -0.25) is 9.59 Å². The summed E-state index contributed by atoms with van der Waals surface area (Å²) in [5.41, 5.74) is 5.51. The van der Waals surface area contributed by atoms with Crippen LogP contribution in [0.25, 0.3) is 17.1 Å². The van der Waals surface area contributed by atoms with Gasteiger partial charge in [0.1, 0.15) is 0 Å². The quantitative estimate of drug-likeness (QED) is 0.499. The number of piperazine rings is 1. The van der Waals surface area contributed by atoms with E-state index in [0.717, 1.165) is 48.4 Å². The summed E-state index contributed by atoms with van der Waals surface area (Å²) in [5, 5.41) is 11.7. The average Bonchev–Trinajstić information content (AvgIpc) is 3.36. The van der Waals surface area contributed by atoms with Gasteiger partial charge in [-0.15, -0.1) is 5.10 Å². The number of carbonyl (C=O) groups excluding carboxylic acids is 2. The van der Waals surface area contributed by atoms with Crippen LogP contribution in [-0.4, -0.2) is 76.8 Å². The van der Waals surface area contributed by atoms with Gasteiger partial charge in [-0.05, 0) is 80.8 Å². The molecule has 3 fully saturated rings. The summed E-state index contributed by atoms with van der Waals surface area (Å²) in [6, 6.07) is 14.8. The van der Waals surface area contributed by atoms with Crippen LogP contribution in [-0.2, 0) is 4.79 Å².